The average Bonchev–Trinajstić information content (AvgIpc) is 2.93. The summed E-state index contributed by atoms with van der Waals surface area (Å²) >= 11 is 0. The van der Waals surface area contributed by atoms with Crippen LogP contribution in [0.5, 0.6) is 0 Å². The minimum Gasteiger partial charge on any atom is -0.477 e. The first-order chi connectivity index (χ1) is 7.61. The molecule has 0 saturated heterocycles. The van der Waals surface area contributed by atoms with Crippen molar-refractivity contribution >= 4 is 11.9 Å². The Bertz CT molecular complexity index is 404. The molecule has 0 aliphatic carbocycles. The Morgan fingerprint density at radius 2 is 1.31 bits per heavy atom. The van der Waals surface area contributed by atoms with Crippen LogP contribution in [0.25, 0.3) is 0 Å². The number of nitrogens with zero attached hydrogens (tertiary/aromatic N) is 2. The molecule has 8 heteroatoms. The summed E-state index contributed by atoms with van der Waals surface area (Å²) in [6.45, 7) is 0. The van der Waals surface area contributed by atoms with Gasteiger partial charge in [-0.2, -0.15) is 10.2 Å². The van der Waals surface area contributed by atoms with Crippen molar-refractivity contribution in [1.82, 2.24) is 20.4 Å². The highest BCUT2D eigenvalue weighted by Crippen LogP contribution is 1.88. The number of aromatic nitrogens is 4. The summed E-state index contributed by atoms with van der Waals surface area (Å²) < 4.78 is 0. The second kappa shape index (κ2) is 5.29. The molecule has 0 atom stereocenters. The monoisotopic (exact) mass is 224 g/mol. The first kappa shape index (κ1) is 11.4. The molecule has 8 nitrogen and oxygen atoms in total. The summed E-state index contributed by atoms with van der Waals surface area (Å²) in [5.74, 6) is -1.97. The summed E-state index contributed by atoms with van der Waals surface area (Å²) in [6.07, 6.45) is 2.78. The molecule has 2 rings (SSSR count). The fourth-order valence-corrected chi connectivity index (χ4v) is 0.750. The third-order valence-corrected chi connectivity index (χ3v) is 1.46. The molecular weight excluding hydrogens is 216 g/mol. The Kier molecular flexibility index (Phi) is 3.78. The van der Waals surface area contributed by atoms with Crippen LogP contribution in [-0.2, 0) is 0 Å². The van der Waals surface area contributed by atoms with E-state index in [0.29, 0.717) is 0 Å². The number of rotatable bonds is 2. The lowest BCUT2D eigenvalue weighted by Crippen LogP contribution is -1.95. The van der Waals surface area contributed by atoms with Crippen LogP contribution in [0.3, 0.4) is 0 Å². The van der Waals surface area contributed by atoms with Gasteiger partial charge >= 0.3 is 11.9 Å². The van der Waals surface area contributed by atoms with Gasteiger partial charge in [-0.05, 0) is 12.1 Å². The molecule has 2 aromatic heterocycles. The zero-order chi connectivity index (χ0) is 12.0. The highest BCUT2D eigenvalue weighted by molar-refractivity contribution is 5.85. The lowest BCUT2D eigenvalue weighted by atomic mass is 10.5. The lowest BCUT2D eigenvalue weighted by molar-refractivity contribution is 0.0679. The fourth-order valence-electron chi connectivity index (χ4n) is 0.750. The zero-order valence-corrected chi connectivity index (χ0v) is 7.91. The molecule has 0 aliphatic rings. The molecule has 2 heterocycles. The minimum absolute atomic E-state index is 0.116. The molecule has 4 N–H and O–H groups in total. The van der Waals surface area contributed by atoms with Crippen LogP contribution in [0, 0.1) is 0 Å². The van der Waals surface area contributed by atoms with Crippen molar-refractivity contribution in [3.8, 4) is 0 Å². The Balaban J connectivity index is 0.000000160. The van der Waals surface area contributed by atoms with E-state index in [1.54, 1.807) is 0 Å². The molecule has 0 aromatic carbocycles. The third kappa shape index (κ3) is 3.25. The van der Waals surface area contributed by atoms with E-state index in [4.69, 9.17) is 10.2 Å². The van der Waals surface area contributed by atoms with E-state index in [9.17, 15) is 9.59 Å². The van der Waals surface area contributed by atoms with Crippen LogP contribution < -0.4 is 0 Å². The van der Waals surface area contributed by atoms with Crippen molar-refractivity contribution in [3.63, 3.8) is 0 Å². The predicted octanol–water partition coefficient (Wildman–Crippen LogP) is 0.216. The molecule has 0 bridgehead atoms. The summed E-state index contributed by atoms with van der Waals surface area (Å²) in [5.41, 5.74) is 0.231. The number of carbonyl (C=O) groups is 2. The first-order valence-corrected chi connectivity index (χ1v) is 4.06. The largest absolute Gasteiger partial charge is 0.477 e. The van der Waals surface area contributed by atoms with Gasteiger partial charge in [0.25, 0.3) is 0 Å². The van der Waals surface area contributed by atoms with Crippen molar-refractivity contribution < 1.29 is 19.8 Å². The van der Waals surface area contributed by atoms with Crippen LogP contribution in [0.4, 0.5) is 0 Å². The van der Waals surface area contributed by atoms with Crippen LogP contribution in [0.1, 0.15) is 21.0 Å². The van der Waals surface area contributed by atoms with Gasteiger partial charge in [0.2, 0.25) is 0 Å². The van der Waals surface area contributed by atoms with Crippen molar-refractivity contribution in [2.75, 3.05) is 0 Å². The highest BCUT2D eigenvalue weighted by Gasteiger charge is 2.00. The second-order valence-electron chi connectivity index (χ2n) is 2.55. The summed E-state index contributed by atoms with van der Waals surface area (Å²) in [7, 11) is 0. The SMILES string of the molecule is O=C(O)c1ccn[nH]1.O=C(O)c1ccn[nH]1. The number of H-pyrrole nitrogens is 2. The van der Waals surface area contributed by atoms with Gasteiger partial charge in [0, 0.05) is 12.4 Å². The molecule has 0 amide bonds. The van der Waals surface area contributed by atoms with E-state index in [-0.39, 0.29) is 11.4 Å². The van der Waals surface area contributed by atoms with E-state index in [2.05, 4.69) is 20.4 Å². The van der Waals surface area contributed by atoms with Crippen molar-refractivity contribution in [1.29, 1.82) is 0 Å². The van der Waals surface area contributed by atoms with Gasteiger partial charge in [-0.1, -0.05) is 0 Å². The fraction of sp³-hybridized carbons (Fsp3) is 0. The standard InChI is InChI=1S/2C4H4N2O2/c2*7-4(8)3-1-2-5-6-3/h2*1-2H,(H,5,6)(H,7,8). The number of carboxylic acid groups (broad SMARTS) is 2. The summed E-state index contributed by atoms with van der Waals surface area (Å²) in [4.78, 5) is 20.0. The lowest BCUT2D eigenvalue weighted by Gasteiger charge is -1.79. The van der Waals surface area contributed by atoms with Crippen molar-refractivity contribution in [2.45, 2.75) is 0 Å². The Hall–Kier alpha value is -2.64. The molecule has 16 heavy (non-hydrogen) atoms. The van der Waals surface area contributed by atoms with Crippen LogP contribution >= 0.6 is 0 Å². The van der Waals surface area contributed by atoms with Crippen molar-refractivity contribution in [3.05, 3.63) is 35.9 Å². The van der Waals surface area contributed by atoms with Gasteiger partial charge in [-0.15, -0.1) is 0 Å². The molecule has 0 saturated carbocycles. The van der Waals surface area contributed by atoms with Gasteiger partial charge in [0.05, 0.1) is 0 Å². The van der Waals surface area contributed by atoms with Gasteiger partial charge in [-0.3, -0.25) is 10.2 Å². The maximum absolute atomic E-state index is 9.99. The van der Waals surface area contributed by atoms with Gasteiger partial charge in [0.15, 0.2) is 0 Å². The average molecular weight is 224 g/mol. The third-order valence-electron chi connectivity index (χ3n) is 1.46. The Morgan fingerprint density at radius 3 is 1.44 bits per heavy atom. The van der Waals surface area contributed by atoms with E-state index >= 15 is 0 Å². The minimum atomic E-state index is -0.984. The topological polar surface area (TPSA) is 132 Å². The number of nitrogens with one attached hydrogen (secondary N) is 2. The quantitative estimate of drug-likeness (QED) is 0.576. The van der Waals surface area contributed by atoms with Gasteiger partial charge in [0.1, 0.15) is 11.4 Å². The molecule has 0 fully saturated rings. The smallest absolute Gasteiger partial charge is 0.353 e. The predicted molar refractivity (Wildman–Crippen MR) is 51.1 cm³/mol. The Labute approximate surface area is 88.9 Å². The molecule has 84 valence electrons. The molecule has 0 spiro atoms. The molecule has 0 aliphatic heterocycles. The number of hydrogen-bond donors (Lipinski definition) is 4. The van der Waals surface area contributed by atoms with Gasteiger partial charge in [-0.25, -0.2) is 9.59 Å². The molecule has 2 aromatic rings. The van der Waals surface area contributed by atoms with E-state index in [1.165, 1.54) is 24.5 Å². The van der Waals surface area contributed by atoms with Crippen LogP contribution in [-0.4, -0.2) is 42.5 Å². The maximum atomic E-state index is 9.99. The summed E-state index contributed by atoms with van der Waals surface area (Å²) in [5, 5.41) is 27.9. The van der Waals surface area contributed by atoms with Crippen LogP contribution in [0.15, 0.2) is 24.5 Å². The number of aromatic amines is 2. The van der Waals surface area contributed by atoms with Crippen LogP contribution in [0.2, 0.25) is 0 Å². The number of aromatic carboxylic acids is 2. The zero-order valence-electron chi connectivity index (χ0n) is 7.91. The van der Waals surface area contributed by atoms with E-state index in [0.717, 1.165) is 0 Å². The van der Waals surface area contributed by atoms with E-state index < -0.39 is 11.9 Å². The Morgan fingerprint density at radius 1 is 0.938 bits per heavy atom. The number of carboxylic acids is 2. The van der Waals surface area contributed by atoms with E-state index in [1.807, 2.05) is 0 Å². The summed E-state index contributed by atoms with van der Waals surface area (Å²) in [6, 6.07) is 2.78. The molecule has 0 unspecified atom stereocenters. The molecule has 0 radical (unpaired) electrons. The first-order valence-electron chi connectivity index (χ1n) is 4.06. The highest BCUT2D eigenvalue weighted by atomic mass is 16.4. The van der Waals surface area contributed by atoms with Crippen molar-refractivity contribution in [2.24, 2.45) is 0 Å². The maximum Gasteiger partial charge on any atom is 0.353 e. The number of hydrogen-bond acceptors (Lipinski definition) is 4. The normalized spacial score (nSPS) is 9.00. The second-order valence-corrected chi connectivity index (χ2v) is 2.55. The molecular formula is C8H8N4O4. The van der Waals surface area contributed by atoms with Gasteiger partial charge < -0.3 is 10.2 Å².